The van der Waals surface area contributed by atoms with E-state index in [2.05, 4.69) is 29.6 Å². The van der Waals surface area contributed by atoms with Crippen molar-refractivity contribution >= 4 is 22.6 Å². The number of likely N-dealkylation sites (tertiary alicyclic amines) is 1. The minimum Gasteiger partial charge on any atom is -0.473 e. The summed E-state index contributed by atoms with van der Waals surface area (Å²) in [6.45, 7) is 4.04. The molecule has 4 aromatic heterocycles. The molecule has 1 aromatic carbocycles. The second-order valence-electron chi connectivity index (χ2n) is 12.0. The summed E-state index contributed by atoms with van der Waals surface area (Å²) in [6, 6.07) is 11.1. The van der Waals surface area contributed by atoms with Gasteiger partial charge in [-0.25, -0.2) is 9.97 Å². The highest BCUT2D eigenvalue weighted by atomic mass is 35.5. The number of ether oxygens (including phenoxy) is 4. The number of pyridine rings is 2. The van der Waals surface area contributed by atoms with Crippen molar-refractivity contribution in [2.45, 2.75) is 57.2 Å². The van der Waals surface area contributed by atoms with E-state index < -0.39 is 12.0 Å². The van der Waals surface area contributed by atoms with Gasteiger partial charge in [-0.15, -0.1) is 10.2 Å². The molecule has 8 rings (SSSR count). The Morgan fingerprint density at radius 2 is 1.85 bits per heavy atom. The molecule has 2 saturated heterocycles. The molecular weight excluding hydrogens is 653 g/mol. The van der Waals surface area contributed by atoms with Crippen molar-refractivity contribution in [3.8, 4) is 28.9 Å². The van der Waals surface area contributed by atoms with Gasteiger partial charge in [0.1, 0.15) is 18.1 Å². The third-order valence-electron chi connectivity index (χ3n) is 8.93. The lowest BCUT2D eigenvalue weighted by Gasteiger charge is -2.32. The van der Waals surface area contributed by atoms with Gasteiger partial charge in [0.05, 0.1) is 41.4 Å². The van der Waals surface area contributed by atoms with Gasteiger partial charge in [-0.1, -0.05) is 23.7 Å². The Kier molecular flexibility index (Phi) is 8.05. The fraction of sp³-hybridized carbons (Fsp3) is 0.406. The van der Waals surface area contributed by atoms with E-state index in [1.807, 2.05) is 24.3 Å². The highest BCUT2D eigenvalue weighted by molar-refractivity contribution is 6.32. The van der Waals surface area contributed by atoms with Gasteiger partial charge in [0, 0.05) is 29.8 Å². The normalized spacial score (nSPS) is 18.4. The van der Waals surface area contributed by atoms with Crippen molar-refractivity contribution in [3.63, 3.8) is 0 Å². The highest BCUT2D eigenvalue weighted by Gasteiger charge is 2.36. The van der Waals surface area contributed by atoms with Crippen molar-refractivity contribution in [2.24, 2.45) is 0 Å². The predicted octanol–water partition coefficient (Wildman–Crippen LogP) is 5.76. The SMILES string of the molecule is FC(F)(F)c1nnc(-c2cc3nc(CN4CCC(c5cccc(OCc6ccc(Cl)c7c6OCO7)n5)CC4)n(C[C@@H]4CCO4)c3cn2)[nH]1. The average molecular weight is 683 g/mol. The molecule has 48 heavy (non-hydrogen) atoms. The monoisotopic (exact) mass is 682 g/mol. The first kappa shape index (κ1) is 30.8. The molecule has 16 heteroatoms. The van der Waals surface area contributed by atoms with Crippen LogP contribution in [0.4, 0.5) is 13.2 Å². The third kappa shape index (κ3) is 6.13. The number of imidazole rings is 1. The zero-order valence-electron chi connectivity index (χ0n) is 25.5. The number of hydrogen-bond donors (Lipinski definition) is 1. The fourth-order valence-corrected chi connectivity index (χ4v) is 6.48. The lowest BCUT2D eigenvalue weighted by molar-refractivity contribution is -0.144. The molecule has 0 spiro atoms. The number of nitrogens with one attached hydrogen (secondary N) is 1. The topological polar surface area (TPSA) is 125 Å². The maximum Gasteiger partial charge on any atom is 0.451 e. The van der Waals surface area contributed by atoms with Crippen molar-refractivity contribution in [2.75, 3.05) is 26.5 Å². The Bertz CT molecular complexity index is 1960. The number of rotatable bonds is 9. The molecule has 0 radical (unpaired) electrons. The van der Waals surface area contributed by atoms with E-state index in [1.54, 1.807) is 18.3 Å². The van der Waals surface area contributed by atoms with Crippen molar-refractivity contribution in [1.29, 1.82) is 0 Å². The summed E-state index contributed by atoms with van der Waals surface area (Å²) in [5.41, 5.74) is 3.47. The third-order valence-corrected chi connectivity index (χ3v) is 9.23. The molecule has 1 atom stereocenters. The molecule has 0 unspecified atom stereocenters. The number of piperidine rings is 1. The number of benzene rings is 1. The van der Waals surface area contributed by atoms with Gasteiger partial charge in [-0.2, -0.15) is 13.2 Å². The summed E-state index contributed by atoms with van der Waals surface area (Å²) in [7, 11) is 0. The van der Waals surface area contributed by atoms with Gasteiger partial charge < -0.3 is 28.5 Å². The molecular formula is C32H30ClF3N8O4. The number of halogens is 4. The van der Waals surface area contributed by atoms with Crippen LogP contribution in [0.5, 0.6) is 17.4 Å². The number of aromatic nitrogens is 7. The van der Waals surface area contributed by atoms with Gasteiger partial charge >= 0.3 is 6.18 Å². The van der Waals surface area contributed by atoms with Gasteiger partial charge in [0.15, 0.2) is 17.3 Å². The molecule has 7 heterocycles. The summed E-state index contributed by atoms with van der Waals surface area (Å²) in [5.74, 6) is 1.57. The number of fused-ring (bicyclic) bond motifs is 2. The first-order valence-electron chi connectivity index (χ1n) is 15.6. The predicted molar refractivity (Wildman–Crippen MR) is 166 cm³/mol. The summed E-state index contributed by atoms with van der Waals surface area (Å²) < 4.78 is 64.2. The summed E-state index contributed by atoms with van der Waals surface area (Å²) in [5, 5.41) is 7.38. The lowest BCUT2D eigenvalue weighted by Crippen LogP contribution is -2.35. The Hall–Kier alpha value is -4.47. The van der Waals surface area contributed by atoms with Gasteiger partial charge in [0.2, 0.25) is 18.5 Å². The molecule has 0 aliphatic carbocycles. The maximum atomic E-state index is 13.1. The van der Waals surface area contributed by atoms with E-state index in [-0.39, 0.29) is 36.9 Å². The maximum absolute atomic E-state index is 13.1. The fourth-order valence-electron chi connectivity index (χ4n) is 6.27. The van der Waals surface area contributed by atoms with E-state index in [0.717, 1.165) is 61.6 Å². The smallest absolute Gasteiger partial charge is 0.451 e. The molecule has 250 valence electrons. The van der Waals surface area contributed by atoms with E-state index in [4.69, 9.17) is 40.5 Å². The van der Waals surface area contributed by atoms with Gasteiger partial charge in [-0.05, 0) is 50.6 Å². The molecule has 0 saturated carbocycles. The summed E-state index contributed by atoms with van der Waals surface area (Å²) in [6.07, 6.45) is -0.139. The number of hydrogen-bond acceptors (Lipinski definition) is 10. The quantitative estimate of drug-likeness (QED) is 0.205. The Morgan fingerprint density at radius 1 is 1.02 bits per heavy atom. The molecule has 2 fully saturated rings. The molecule has 1 N–H and O–H groups in total. The van der Waals surface area contributed by atoms with E-state index in [1.165, 1.54) is 0 Å². The Balaban J connectivity index is 0.942. The van der Waals surface area contributed by atoms with Crippen LogP contribution in [0, 0.1) is 0 Å². The largest absolute Gasteiger partial charge is 0.473 e. The Labute approximate surface area is 277 Å². The zero-order chi connectivity index (χ0) is 32.8. The minimum absolute atomic E-state index is 0.0649. The van der Waals surface area contributed by atoms with Gasteiger partial charge in [-0.3, -0.25) is 9.88 Å². The molecule has 0 amide bonds. The van der Waals surface area contributed by atoms with Crippen LogP contribution >= 0.6 is 11.6 Å². The van der Waals surface area contributed by atoms with Crippen LogP contribution in [0.2, 0.25) is 5.02 Å². The second-order valence-corrected chi connectivity index (χ2v) is 12.4. The number of H-pyrrole nitrogens is 1. The lowest BCUT2D eigenvalue weighted by atomic mass is 9.93. The minimum atomic E-state index is -4.63. The van der Waals surface area contributed by atoms with E-state index in [9.17, 15) is 13.2 Å². The molecule has 5 aromatic rings. The van der Waals surface area contributed by atoms with Crippen LogP contribution in [0.25, 0.3) is 22.6 Å². The van der Waals surface area contributed by atoms with Gasteiger partial charge in [0.25, 0.3) is 0 Å². The highest BCUT2D eigenvalue weighted by Crippen LogP contribution is 2.42. The molecule has 3 aliphatic heterocycles. The van der Waals surface area contributed by atoms with Crippen LogP contribution in [-0.2, 0) is 30.6 Å². The Morgan fingerprint density at radius 3 is 2.62 bits per heavy atom. The molecule has 3 aliphatic rings. The summed E-state index contributed by atoms with van der Waals surface area (Å²) in [4.78, 5) is 18.7. The standard InChI is InChI=1S/C32H30ClF3N8O4/c33-21-5-4-19(28-29(21)48-17-47-28)16-46-27-3-1-2-22(39-27)18-6-9-43(10-7-18)15-26-38-23-12-24(30-40-31(42-41-30)32(34,35)36)37-13-25(23)44(26)14-20-8-11-45-20/h1-5,12-13,18,20H,6-11,14-17H2,(H,40,41,42)/t20-/m0/s1. The van der Waals surface area contributed by atoms with Crippen molar-refractivity contribution < 1.29 is 32.1 Å². The first-order valence-corrected chi connectivity index (χ1v) is 16.0. The first-order chi connectivity index (χ1) is 23.3. The number of aromatic amines is 1. The summed E-state index contributed by atoms with van der Waals surface area (Å²) >= 11 is 6.21. The second kappa shape index (κ2) is 12.5. The van der Waals surface area contributed by atoms with Crippen molar-refractivity contribution in [3.05, 3.63) is 70.5 Å². The van der Waals surface area contributed by atoms with E-state index in [0.29, 0.717) is 41.0 Å². The number of alkyl halides is 3. The zero-order valence-corrected chi connectivity index (χ0v) is 26.3. The average Bonchev–Trinajstić information content (AvgIpc) is 3.82. The van der Waals surface area contributed by atoms with Crippen LogP contribution in [0.15, 0.2) is 42.6 Å². The van der Waals surface area contributed by atoms with Crippen LogP contribution in [-0.4, -0.2) is 72.2 Å². The molecule has 0 bridgehead atoms. The van der Waals surface area contributed by atoms with Crippen LogP contribution in [0.1, 0.15) is 48.1 Å². The van der Waals surface area contributed by atoms with E-state index >= 15 is 0 Å². The molecule has 12 nitrogen and oxygen atoms in total. The van der Waals surface area contributed by atoms with Crippen LogP contribution in [0.3, 0.4) is 0 Å². The van der Waals surface area contributed by atoms with Crippen LogP contribution < -0.4 is 14.2 Å². The number of nitrogens with zero attached hydrogens (tertiary/aromatic N) is 7. The van der Waals surface area contributed by atoms with Crippen molar-refractivity contribution in [1.82, 2.24) is 39.6 Å².